The van der Waals surface area contributed by atoms with Crippen LogP contribution in [0.25, 0.3) is 0 Å². The van der Waals surface area contributed by atoms with Gasteiger partial charge in [-0.15, -0.1) is 0 Å². The number of carbonyl (C=O) groups is 2. The number of esters is 2. The lowest BCUT2D eigenvalue weighted by Crippen LogP contribution is -2.22. The van der Waals surface area contributed by atoms with E-state index in [1.807, 2.05) is 0 Å². The first kappa shape index (κ1) is 7.02. The fourth-order valence-corrected chi connectivity index (χ4v) is 1.13. The van der Waals surface area contributed by atoms with Crippen molar-refractivity contribution in [2.45, 2.75) is 13.3 Å². The number of nitrogens with zero attached hydrogens (tertiary/aromatic N) is 1. The average molecular weight is 167 g/mol. The van der Waals surface area contributed by atoms with Gasteiger partial charge in [-0.25, -0.2) is 4.79 Å². The fourth-order valence-electron chi connectivity index (χ4n) is 1.13. The molecule has 1 aromatic rings. The van der Waals surface area contributed by atoms with Crippen molar-refractivity contribution in [3.63, 3.8) is 0 Å². The molecule has 1 aromatic heterocycles. The second-order valence-corrected chi connectivity index (χ2v) is 2.50. The van der Waals surface area contributed by atoms with Gasteiger partial charge in [0, 0.05) is 0 Å². The topological polar surface area (TPSA) is 69.4 Å². The van der Waals surface area contributed by atoms with Crippen LogP contribution in [0.3, 0.4) is 0 Å². The van der Waals surface area contributed by atoms with Gasteiger partial charge >= 0.3 is 11.9 Å². The average Bonchev–Trinajstić information content (AvgIpc) is 2.31. The highest BCUT2D eigenvalue weighted by Crippen LogP contribution is 2.19. The van der Waals surface area contributed by atoms with Gasteiger partial charge in [0.2, 0.25) is 0 Å². The van der Waals surface area contributed by atoms with Crippen LogP contribution < -0.4 is 0 Å². The third kappa shape index (κ3) is 0.827. The Hall–Kier alpha value is -1.65. The minimum atomic E-state index is -0.667. The van der Waals surface area contributed by atoms with Crippen molar-refractivity contribution in [2.24, 2.45) is 0 Å². The molecule has 0 atom stereocenters. The van der Waals surface area contributed by atoms with Gasteiger partial charge in [0.1, 0.15) is 17.0 Å². The van der Waals surface area contributed by atoms with Crippen molar-refractivity contribution < 1.29 is 18.8 Å². The number of cyclic esters (lactones) is 2. The highest BCUT2D eigenvalue weighted by atomic mass is 16.6. The van der Waals surface area contributed by atoms with Crippen LogP contribution in [0.4, 0.5) is 0 Å². The molecule has 12 heavy (non-hydrogen) atoms. The largest absolute Gasteiger partial charge is 0.389 e. The molecular formula is C7H5NO4. The van der Waals surface area contributed by atoms with Crippen LogP contribution >= 0.6 is 0 Å². The third-order valence-electron chi connectivity index (χ3n) is 1.66. The summed E-state index contributed by atoms with van der Waals surface area (Å²) >= 11 is 0. The van der Waals surface area contributed by atoms with Gasteiger partial charge in [0.05, 0.1) is 6.42 Å². The number of aryl methyl sites for hydroxylation is 1. The minimum Gasteiger partial charge on any atom is -0.389 e. The third-order valence-corrected chi connectivity index (χ3v) is 1.66. The summed E-state index contributed by atoms with van der Waals surface area (Å²) in [7, 11) is 0. The first-order valence-electron chi connectivity index (χ1n) is 3.38. The molecule has 2 rings (SSSR count). The highest BCUT2D eigenvalue weighted by molar-refractivity contribution is 6.02. The van der Waals surface area contributed by atoms with E-state index in [-0.39, 0.29) is 12.0 Å². The molecule has 1 aliphatic heterocycles. The van der Waals surface area contributed by atoms with Gasteiger partial charge in [-0.2, -0.15) is 0 Å². The summed E-state index contributed by atoms with van der Waals surface area (Å²) in [4.78, 5) is 21.8. The second kappa shape index (κ2) is 2.17. The summed E-state index contributed by atoms with van der Waals surface area (Å²) in [5.74, 6) is -0.858. The first-order valence-corrected chi connectivity index (χ1v) is 3.38. The molecule has 0 saturated carbocycles. The molecule has 5 heteroatoms. The Balaban J connectivity index is 2.57. The summed E-state index contributed by atoms with van der Waals surface area (Å²) in [6.45, 7) is 1.60. The predicted molar refractivity (Wildman–Crippen MR) is 35.4 cm³/mol. The van der Waals surface area contributed by atoms with Gasteiger partial charge < -0.3 is 9.26 Å². The zero-order valence-electron chi connectivity index (χ0n) is 6.29. The molecule has 0 N–H and O–H groups in total. The quantitative estimate of drug-likeness (QED) is 0.408. The molecule has 62 valence electrons. The van der Waals surface area contributed by atoms with E-state index >= 15 is 0 Å². The molecule has 0 bridgehead atoms. The Morgan fingerprint density at radius 3 is 2.92 bits per heavy atom. The van der Waals surface area contributed by atoms with Crippen LogP contribution in [0.2, 0.25) is 0 Å². The maximum Gasteiger partial charge on any atom is 0.351 e. The van der Waals surface area contributed by atoms with Crippen LogP contribution in [-0.4, -0.2) is 17.1 Å². The lowest BCUT2D eigenvalue weighted by molar-refractivity contribution is -0.137. The van der Waals surface area contributed by atoms with Crippen molar-refractivity contribution >= 4 is 11.9 Å². The lowest BCUT2D eigenvalue weighted by atomic mass is 10.1. The standard InChI is InChI=1S/C7H5NO4/c1-3-6-4(8-12-3)2-5(9)11-7(6)10/h2H2,1H3. The van der Waals surface area contributed by atoms with Crippen molar-refractivity contribution in [1.82, 2.24) is 5.16 Å². The second-order valence-electron chi connectivity index (χ2n) is 2.50. The van der Waals surface area contributed by atoms with Gasteiger partial charge in [-0.1, -0.05) is 5.16 Å². The van der Waals surface area contributed by atoms with Crippen LogP contribution in [0, 0.1) is 6.92 Å². The van der Waals surface area contributed by atoms with E-state index in [2.05, 4.69) is 9.89 Å². The molecule has 0 radical (unpaired) electrons. The summed E-state index contributed by atoms with van der Waals surface area (Å²) in [5, 5.41) is 3.56. The summed E-state index contributed by atoms with van der Waals surface area (Å²) < 4.78 is 9.11. The molecule has 0 aromatic carbocycles. The normalized spacial score (nSPS) is 15.8. The van der Waals surface area contributed by atoms with Crippen LogP contribution in [0.15, 0.2) is 4.52 Å². The Bertz CT molecular complexity index is 365. The van der Waals surface area contributed by atoms with Crippen molar-refractivity contribution in [1.29, 1.82) is 0 Å². The van der Waals surface area contributed by atoms with Crippen molar-refractivity contribution in [2.75, 3.05) is 0 Å². The zero-order valence-corrected chi connectivity index (χ0v) is 6.29. The maximum atomic E-state index is 11.0. The van der Waals surface area contributed by atoms with E-state index in [0.29, 0.717) is 11.5 Å². The first-order chi connectivity index (χ1) is 5.68. The molecular weight excluding hydrogens is 162 g/mol. The molecule has 0 fully saturated rings. The molecule has 2 heterocycles. The number of rotatable bonds is 0. The van der Waals surface area contributed by atoms with Gasteiger partial charge in [-0.3, -0.25) is 4.79 Å². The highest BCUT2D eigenvalue weighted by Gasteiger charge is 2.30. The Labute approximate surface area is 67.3 Å². The Morgan fingerprint density at radius 2 is 2.17 bits per heavy atom. The summed E-state index contributed by atoms with van der Waals surface area (Å²) in [6, 6.07) is 0. The molecule has 0 aliphatic carbocycles. The number of carbonyl (C=O) groups excluding carboxylic acids is 2. The molecule has 0 amide bonds. The van der Waals surface area contributed by atoms with Crippen molar-refractivity contribution in [3.05, 3.63) is 17.0 Å². The van der Waals surface area contributed by atoms with Crippen LogP contribution in [-0.2, 0) is 16.0 Å². The fraction of sp³-hybridized carbons (Fsp3) is 0.286. The molecule has 1 aliphatic rings. The maximum absolute atomic E-state index is 11.0. The van der Waals surface area contributed by atoms with Gasteiger partial charge in [0.15, 0.2) is 0 Å². The number of ether oxygens (including phenoxy) is 1. The van der Waals surface area contributed by atoms with E-state index in [9.17, 15) is 9.59 Å². The van der Waals surface area contributed by atoms with E-state index in [1.165, 1.54) is 0 Å². The number of aromatic nitrogens is 1. The Kier molecular flexibility index (Phi) is 1.27. The number of hydrogen-bond acceptors (Lipinski definition) is 5. The molecule has 0 saturated heterocycles. The minimum absolute atomic E-state index is 0.0123. The number of fused-ring (bicyclic) bond motifs is 1. The zero-order chi connectivity index (χ0) is 8.72. The van der Waals surface area contributed by atoms with Crippen LogP contribution in [0.5, 0.6) is 0 Å². The van der Waals surface area contributed by atoms with Crippen LogP contribution in [0.1, 0.15) is 21.8 Å². The lowest BCUT2D eigenvalue weighted by Gasteiger charge is -2.06. The predicted octanol–water partition coefficient (Wildman–Crippen LogP) is 0.223. The summed E-state index contributed by atoms with van der Waals surface area (Å²) in [5.41, 5.74) is 0.656. The monoisotopic (exact) mass is 167 g/mol. The number of hydrogen-bond donors (Lipinski definition) is 0. The van der Waals surface area contributed by atoms with E-state index in [0.717, 1.165) is 0 Å². The Morgan fingerprint density at radius 1 is 1.42 bits per heavy atom. The summed E-state index contributed by atoms with van der Waals surface area (Å²) in [6.07, 6.45) is 0.0123. The van der Waals surface area contributed by atoms with Crippen molar-refractivity contribution in [3.8, 4) is 0 Å². The molecule has 0 spiro atoms. The molecule has 5 nitrogen and oxygen atoms in total. The molecule has 0 unspecified atom stereocenters. The van der Waals surface area contributed by atoms with E-state index in [4.69, 9.17) is 4.52 Å². The SMILES string of the molecule is Cc1onc2c1C(=O)OC(=O)C2. The van der Waals surface area contributed by atoms with Gasteiger partial charge in [-0.05, 0) is 6.92 Å². The van der Waals surface area contributed by atoms with E-state index < -0.39 is 11.9 Å². The van der Waals surface area contributed by atoms with E-state index in [1.54, 1.807) is 6.92 Å². The smallest absolute Gasteiger partial charge is 0.351 e. The van der Waals surface area contributed by atoms with Gasteiger partial charge in [0.25, 0.3) is 0 Å².